The van der Waals surface area contributed by atoms with Gasteiger partial charge in [-0.15, -0.1) is 0 Å². The van der Waals surface area contributed by atoms with E-state index in [1.165, 1.54) is 23.1 Å². The smallest absolute Gasteiger partial charge is 0.185 e. The van der Waals surface area contributed by atoms with Gasteiger partial charge in [-0.2, -0.15) is 0 Å². The number of halogens is 2. The molecule has 0 spiro atoms. The zero-order chi connectivity index (χ0) is 19.2. The number of hydrogen-bond donors (Lipinski definition) is 1. The lowest BCUT2D eigenvalue weighted by molar-refractivity contribution is -0.921. The SMILES string of the molecule is COc1ccc(C(=O)/C=C/c2ccc(F)c(F)c2)cc1C[NH+]1CCOCC1. The largest absolute Gasteiger partial charge is 0.496 e. The van der Waals surface area contributed by atoms with E-state index >= 15 is 0 Å². The normalized spacial score (nSPS) is 15.2. The van der Waals surface area contributed by atoms with Crippen molar-refractivity contribution < 1.29 is 27.9 Å². The second-order valence-corrected chi connectivity index (χ2v) is 6.44. The van der Waals surface area contributed by atoms with E-state index in [1.807, 2.05) is 6.07 Å². The highest BCUT2D eigenvalue weighted by Gasteiger charge is 2.18. The molecule has 0 amide bonds. The van der Waals surface area contributed by atoms with Crippen LogP contribution in [0.2, 0.25) is 0 Å². The predicted molar refractivity (Wildman–Crippen MR) is 97.9 cm³/mol. The fourth-order valence-electron chi connectivity index (χ4n) is 3.06. The standard InChI is InChI=1S/C21H21F2NO3/c1-26-21-7-4-16(13-17(21)14-24-8-10-27-11-9-24)20(25)6-3-15-2-5-18(22)19(23)12-15/h2-7,12-13H,8-11,14H2,1H3/p+1/b6-3+. The molecule has 1 aliphatic heterocycles. The van der Waals surface area contributed by atoms with Gasteiger partial charge in [0.15, 0.2) is 17.4 Å². The molecule has 0 saturated carbocycles. The fraction of sp³-hybridized carbons (Fsp3) is 0.286. The van der Waals surface area contributed by atoms with Gasteiger partial charge in [0, 0.05) is 11.1 Å². The number of carbonyl (C=O) groups excluding carboxylic acids is 1. The summed E-state index contributed by atoms with van der Waals surface area (Å²) >= 11 is 0. The summed E-state index contributed by atoms with van der Waals surface area (Å²) in [6, 6.07) is 8.84. The number of rotatable bonds is 6. The maximum Gasteiger partial charge on any atom is 0.185 e. The first-order valence-corrected chi connectivity index (χ1v) is 8.82. The Bertz CT molecular complexity index is 845. The molecule has 0 aliphatic carbocycles. The van der Waals surface area contributed by atoms with E-state index in [2.05, 4.69) is 0 Å². The fourth-order valence-corrected chi connectivity index (χ4v) is 3.06. The van der Waals surface area contributed by atoms with Crippen molar-refractivity contribution in [3.05, 3.63) is 70.8 Å². The van der Waals surface area contributed by atoms with E-state index in [0.717, 1.165) is 56.3 Å². The van der Waals surface area contributed by atoms with Crippen molar-refractivity contribution in [1.29, 1.82) is 0 Å². The molecular weight excluding hydrogens is 352 g/mol. The highest BCUT2D eigenvalue weighted by molar-refractivity contribution is 6.07. The quantitative estimate of drug-likeness (QED) is 0.623. The molecule has 1 saturated heterocycles. The second kappa shape index (κ2) is 8.88. The Labute approximate surface area is 157 Å². The number of hydrogen-bond acceptors (Lipinski definition) is 3. The predicted octanol–water partition coefficient (Wildman–Crippen LogP) is 2.28. The summed E-state index contributed by atoms with van der Waals surface area (Å²) in [5.41, 5.74) is 1.91. The van der Waals surface area contributed by atoms with E-state index in [9.17, 15) is 13.6 Å². The van der Waals surface area contributed by atoms with Gasteiger partial charge in [-0.05, 0) is 42.0 Å². The zero-order valence-corrected chi connectivity index (χ0v) is 15.1. The first kappa shape index (κ1) is 19.2. The Kier molecular flexibility index (Phi) is 6.32. The van der Waals surface area contributed by atoms with E-state index in [4.69, 9.17) is 9.47 Å². The lowest BCUT2D eigenvalue weighted by Gasteiger charge is -2.24. The molecule has 0 aromatic heterocycles. The van der Waals surface area contributed by atoms with Crippen molar-refractivity contribution in [3.63, 3.8) is 0 Å². The maximum absolute atomic E-state index is 13.3. The zero-order valence-electron chi connectivity index (χ0n) is 15.1. The van der Waals surface area contributed by atoms with Crippen LogP contribution in [0.1, 0.15) is 21.5 Å². The number of methoxy groups -OCH3 is 1. The maximum atomic E-state index is 13.3. The minimum atomic E-state index is -0.940. The molecule has 1 N–H and O–H groups in total. The highest BCUT2D eigenvalue weighted by atomic mass is 19.2. The summed E-state index contributed by atoms with van der Waals surface area (Å²) in [5.74, 6) is -1.32. The van der Waals surface area contributed by atoms with Crippen LogP contribution in [0.25, 0.3) is 6.08 Å². The first-order valence-electron chi connectivity index (χ1n) is 8.82. The third kappa shape index (κ3) is 4.99. The number of morpholine rings is 1. The lowest BCUT2D eigenvalue weighted by Crippen LogP contribution is -3.12. The molecule has 2 aromatic carbocycles. The third-order valence-electron chi connectivity index (χ3n) is 4.58. The molecule has 142 valence electrons. The number of nitrogens with one attached hydrogen (secondary N) is 1. The molecular formula is C21H22F2NO3+. The van der Waals surface area contributed by atoms with Gasteiger partial charge in [-0.3, -0.25) is 4.79 Å². The Morgan fingerprint density at radius 3 is 2.63 bits per heavy atom. The average molecular weight is 374 g/mol. The molecule has 0 atom stereocenters. The monoisotopic (exact) mass is 374 g/mol. The highest BCUT2D eigenvalue weighted by Crippen LogP contribution is 2.20. The number of allylic oxidation sites excluding steroid dienone is 1. The van der Waals surface area contributed by atoms with Gasteiger partial charge in [0.1, 0.15) is 25.4 Å². The number of carbonyl (C=O) groups is 1. The van der Waals surface area contributed by atoms with Crippen LogP contribution in [0, 0.1) is 11.6 Å². The van der Waals surface area contributed by atoms with Crippen LogP contribution in [-0.4, -0.2) is 39.2 Å². The van der Waals surface area contributed by atoms with Gasteiger partial charge < -0.3 is 14.4 Å². The molecule has 0 bridgehead atoms. The van der Waals surface area contributed by atoms with E-state index in [1.54, 1.807) is 19.2 Å². The van der Waals surface area contributed by atoms with Crippen LogP contribution in [0.15, 0.2) is 42.5 Å². The number of benzene rings is 2. The molecule has 0 radical (unpaired) electrons. The van der Waals surface area contributed by atoms with Gasteiger partial charge in [0.05, 0.1) is 20.3 Å². The molecule has 1 aliphatic rings. The summed E-state index contributed by atoms with van der Waals surface area (Å²) in [6.45, 7) is 4.04. The summed E-state index contributed by atoms with van der Waals surface area (Å²) in [5, 5.41) is 0. The molecule has 6 heteroatoms. The van der Waals surface area contributed by atoms with E-state index < -0.39 is 11.6 Å². The topological polar surface area (TPSA) is 40.0 Å². The molecule has 4 nitrogen and oxygen atoms in total. The molecule has 1 heterocycles. The van der Waals surface area contributed by atoms with Crippen LogP contribution in [-0.2, 0) is 11.3 Å². The third-order valence-corrected chi connectivity index (χ3v) is 4.58. The summed E-state index contributed by atoms with van der Waals surface area (Å²) in [4.78, 5) is 13.9. The van der Waals surface area contributed by atoms with E-state index in [0.29, 0.717) is 11.1 Å². The van der Waals surface area contributed by atoms with Crippen LogP contribution in [0.5, 0.6) is 5.75 Å². The van der Waals surface area contributed by atoms with Gasteiger partial charge in [-0.25, -0.2) is 8.78 Å². The Morgan fingerprint density at radius 1 is 1.15 bits per heavy atom. The number of ketones is 1. The Morgan fingerprint density at radius 2 is 1.93 bits per heavy atom. The van der Waals surface area contributed by atoms with Crippen molar-refractivity contribution >= 4 is 11.9 Å². The number of quaternary nitrogens is 1. The first-order chi connectivity index (χ1) is 13.1. The molecule has 27 heavy (non-hydrogen) atoms. The van der Waals surface area contributed by atoms with Gasteiger partial charge in [0.2, 0.25) is 0 Å². The Hall–Kier alpha value is -2.57. The molecule has 3 rings (SSSR count). The van der Waals surface area contributed by atoms with Gasteiger partial charge in [0.25, 0.3) is 0 Å². The van der Waals surface area contributed by atoms with Crippen molar-refractivity contribution in [3.8, 4) is 5.75 Å². The van der Waals surface area contributed by atoms with Crippen molar-refractivity contribution in [1.82, 2.24) is 0 Å². The Balaban J connectivity index is 1.76. The average Bonchev–Trinajstić information content (AvgIpc) is 2.69. The molecule has 1 fully saturated rings. The molecule has 0 unspecified atom stereocenters. The lowest BCUT2D eigenvalue weighted by atomic mass is 10.0. The molecule has 2 aromatic rings. The summed E-state index contributed by atoms with van der Waals surface area (Å²) in [7, 11) is 1.61. The number of ether oxygens (including phenoxy) is 2. The summed E-state index contributed by atoms with van der Waals surface area (Å²) < 4.78 is 37.1. The van der Waals surface area contributed by atoms with Crippen molar-refractivity contribution in [2.24, 2.45) is 0 Å². The van der Waals surface area contributed by atoms with Crippen LogP contribution in [0.3, 0.4) is 0 Å². The minimum absolute atomic E-state index is 0.208. The van der Waals surface area contributed by atoms with Crippen LogP contribution in [0.4, 0.5) is 8.78 Å². The summed E-state index contributed by atoms with van der Waals surface area (Å²) in [6.07, 6.45) is 2.84. The van der Waals surface area contributed by atoms with Crippen LogP contribution >= 0.6 is 0 Å². The van der Waals surface area contributed by atoms with Crippen LogP contribution < -0.4 is 9.64 Å². The van der Waals surface area contributed by atoms with Gasteiger partial charge >= 0.3 is 0 Å². The van der Waals surface area contributed by atoms with E-state index in [-0.39, 0.29) is 5.78 Å². The van der Waals surface area contributed by atoms with Gasteiger partial charge in [-0.1, -0.05) is 12.1 Å². The minimum Gasteiger partial charge on any atom is -0.496 e. The second-order valence-electron chi connectivity index (χ2n) is 6.44. The van der Waals surface area contributed by atoms with Crippen molar-refractivity contribution in [2.75, 3.05) is 33.4 Å². The van der Waals surface area contributed by atoms with Crippen molar-refractivity contribution in [2.45, 2.75) is 6.54 Å².